The van der Waals surface area contributed by atoms with Crippen molar-refractivity contribution in [3.8, 4) is 0 Å². The van der Waals surface area contributed by atoms with Gasteiger partial charge in [-0.05, 0) is 23.6 Å². The van der Waals surface area contributed by atoms with Crippen LogP contribution in [0.2, 0.25) is 0 Å². The molecule has 158 valence electrons. The summed E-state index contributed by atoms with van der Waals surface area (Å²) in [7, 11) is 0. The maximum atomic E-state index is 13.1. The number of fused-ring (bicyclic) bond motifs is 1. The number of carbonyl (C=O) groups excluding carboxylic acids is 3. The van der Waals surface area contributed by atoms with Crippen molar-refractivity contribution in [1.29, 1.82) is 0 Å². The molecule has 5 rings (SSSR count). The van der Waals surface area contributed by atoms with Crippen LogP contribution < -0.4 is 4.90 Å². The van der Waals surface area contributed by atoms with E-state index in [1.807, 2.05) is 42.5 Å². The highest BCUT2D eigenvalue weighted by atomic mass is 16.3. The Balaban J connectivity index is 1.25. The Morgan fingerprint density at radius 1 is 0.871 bits per heavy atom. The highest BCUT2D eigenvalue weighted by Gasteiger charge is 2.38. The van der Waals surface area contributed by atoms with Gasteiger partial charge in [-0.1, -0.05) is 36.4 Å². The topological polar surface area (TPSA) is 74.1 Å². The van der Waals surface area contributed by atoms with Gasteiger partial charge in [0.05, 0.1) is 17.9 Å². The van der Waals surface area contributed by atoms with Crippen LogP contribution in [0.1, 0.15) is 17.0 Å². The summed E-state index contributed by atoms with van der Waals surface area (Å²) in [6, 6.07) is 17.2. The molecule has 2 aliphatic heterocycles. The lowest BCUT2D eigenvalue weighted by Gasteiger charge is -2.35. The molecule has 0 radical (unpaired) electrons. The zero-order chi connectivity index (χ0) is 21.4. The van der Waals surface area contributed by atoms with Crippen molar-refractivity contribution < 1.29 is 18.8 Å². The zero-order valence-electron chi connectivity index (χ0n) is 17.1. The van der Waals surface area contributed by atoms with Crippen LogP contribution in [0.15, 0.2) is 65.3 Å². The normalized spacial score (nSPS) is 19.3. The quantitative estimate of drug-likeness (QED) is 0.657. The Kier molecular flexibility index (Phi) is 4.94. The number of nitrogens with zero attached hydrogens (tertiary/aromatic N) is 3. The molecule has 2 fully saturated rings. The van der Waals surface area contributed by atoms with E-state index in [-0.39, 0.29) is 30.1 Å². The molecule has 0 N–H and O–H groups in total. The van der Waals surface area contributed by atoms with E-state index in [4.69, 9.17) is 4.42 Å². The number of hydrogen-bond acceptors (Lipinski definition) is 4. The minimum absolute atomic E-state index is 0.0128. The molecule has 1 unspecified atom stereocenters. The van der Waals surface area contributed by atoms with E-state index in [2.05, 4.69) is 0 Å². The van der Waals surface area contributed by atoms with Crippen molar-refractivity contribution in [2.75, 3.05) is 37.6 Å². The number of amides is 3. The highest BCUT2D eigenvalue weighted by Crippen LogP contribution is 2.32. The van der Waals surface area contributed by atoms with E-state index in [0.29, 0.717) is 38.5 Å². The van der Waals surface area contributed by atoms with E-state index >= 15 is 0 Å². The second-order valence-corrected chi connectivity index (χ2v) is 8.00. The first-order valence-corrected chi connectivity index (χ1v) is 10.5. The Hall–Kier alpha value is -3.61. The molecule has 1 atom stereocenters. The maximum absolute atomic E-state index is 13.1. The third-order valence-electron chi connectivity index (χ3n) is 6.14. The summed E-state index contributed by atoms with van der Waals surface area (Å²) in [6.45, 7) is 2.23. The molecule has 0 aliphatic carbocycles. The maximum Gasteiger partial charge on any atom is 0.289 e. The largest absolute Gasteiger partial charge is 0.459 e. The lowest BCUT2D eigenvalue weighted by Crippen LogP contribution is -2.52. The molecule has 0 spiro atoms. The molecule has 0 bridgehead atoms. The second kappa shape index (κ2) is 7.91. The van der Waals surface area contributed by atoms with Gasteiger partial charge in [0, 0.05) is 44.5 Å². The highest BCUT2D eigenvalue weighted by molar-refractivity contribution is 6.07. The number of rotatable bonds is 3. The second-order valence-electron chi connectivity index (χ2n) is 8.00. The fraction of sp³-hybridized carbons (Fsp3) is 0.292. The summed E-state index contributed by atoms with van der Waals surface area (Å²) in [4.78, 5) is 43.5. The first-order chi connectivity index (χ1) is 15.1. The van der Waals surface area contributed by atoms with Crippen molar-refractivity contribution in [3.05, 3.63) is 66.6 Å². The van der Waals surface area contributed by atoms with Gasteiger partial charge in [-0.15, -0.1) is 0 Å². The number of hydrogen-bond donors (Lipinski definition) is 0. The minimum Gasteiger partial charge on any atom is -0.459 e. The number of benzene rings is 2. The lowest BCUT2D eigenvalue weighted by molar-refractivity contribution is -0.137. The Bertz CT molecular complexity index is 1130. The molecule has 3 heterocycles. The van der Waals surface area contributed by atoms with Crippen molar-refractivity contribution in [2.24, 2.45) is 5.92 Å². The summed E-state index contributed by atoms with van der Waals surface area (Å²) in [6.07, 6.45) is 1.69. The molecule has 2 aliphatic rings. The van der Waals surface area contributed by atoms with Crippen LogP contribution in [-0.2, 0) is 9.59 Å². The van der Waals surface area contributed by atoms with Gasteiger partial charge in [-0.3, -0.25) is 14.4 Å². The molecular formula is C24H23N3O4. The van der Waals surface area contributed by atoms with Crippen LogP contribution in [0, 0.1) is 5.92 Å². The lowest BCUT2D eigenvalue weighted by atomic mass is 10.1. The summed E-state index contributed by atoms with van der Waals surface area (Å²) in [5.74, 6) is -0.247. The molecule has 1 aromatic heterocycles. The third kappa shape index (κ3) is 3.56. The predicted molar refractivity (Wildman–Crippen MR) is 116 cm³/mol. The average molecular weight is 417 g/mol. The standard InChI is InChI=1S/C24H23N3O4/c28-22-15-18(16-27(22)20-8-3-6-17-5-1-2-7-19(17)20)23(29)25-10-12-26(13-11-25)24(30)21-9-4-14-31-21/h1-9,14,18H,10-13,15-16H2. The van der Waals surface area contributed by atoms with E-state index in [1.54, 1.807) is 26.8 Å². The summed E-state index contributed by atoms with van der Waals surface area (Å²) in [5, 5.41) is 2.08. The average Bonchev–Trinajstić information content (AvgIpc) is 3.48. The smallest absolute Gasteiger partial charge is 0.289 e. The van der Waals surface area contributed by atoms with Crippen LogP contribution in [0.4, 0.5) is 5.69 Å². The van der Waals surface area contributed by atoms with Gasteiger partial charge in [0.1, 0.15) is 0 Å². The number of furan rings is 1. The SMILES string of the molecule is O=C(c1ccco1)N1CCN(C(=O)C2CC(=O)N(c3cccc4ccccc34)C2)CC1. The van der Waals surface area contributed by atoms with E-state index < -0.39 is 0 Å². The molecule has 31 heavy (non-hydrogen) atoms. The van der Waals surface area contributed by atoms with E-state index in [9.17, 15) is 14.4 Å². The number of anilines is 1. The molecule has 0 saturated carbocycles. The van der Waals surface area contributed by atoms with Crippen molar-refractivity contribution in [2.45, 2.75) is 6.42 Å². The summed E-state index contributed by atoms with van der Waals surface area (Å²) in [5.41, 5.74) is 0.854. The van der Waals surface area contributed by atoms with Gasteiger partial charge in [0.2, 0.25) is 11.8 Å². The first kappa shape index (κ1) is 19.4. The van der Waals surface area contributed by atoms with Gasteiger partial charge >= 0.3 is 0 Å². The van der Waals surface area contributed by atoms with Crippen LogP contribution in [0.5, 0.6) is 0 Å². The fourth-order valence-electron chi connectivity index (χ4n) is 4.49. The van der Waals surface area contributed by atoms with Crippen LogP contribution >= 0.6 is 0 Å². The van der Waals surface area contributed by atoms with Gasteiger partial charge in [-0.25, -0.2) is 0 Å². The van der Waals surface area contributed by atoms with E-state index in [0.717, 1.165) is 16.5 Å². The Morgan fingerprint density at radius 3 is 2.39 bits per heavy atom. The molecule has 3 amide bonds. The molecule has 7 heteroatoms. The number of carbonyl (C=O) groups is 3. The summed E-state index contributed by atoms with van der Waals surface area (Å²) < 4.78 is 5.19. The zero-order valence-corrected chi connectivity index (χ0v) is 17.1. The Morgan fingerprint density at radius 2 is 1.61 bits per heavy atom. The molecular weight excluding hydrogens is 394 g/mol. The van der Waals surface area contributed by atoms with Crippen LogP contribution in [0.3, 0.4) is 0 Å². The van der Waals surface area contributed by atoms with Crippen LogP contribution in [-0.4, -0.2) is 60.2 Å². The molecule has 3 aromatic rings. The van der Waals surface area contributed by atoms with Crippen molar-refractivity contribution >= 4 is 34.2 Å². The number of piperazine rings is 1. The first-order valence-electron chi connectivity index (χ1n) is 10.5. The predicted octanol–water partition coefficient (Wildman–Crippen LogP) is 2.77. The molecule has 2 aromatic carbocycles. The van der Waals surface area contributed by atoms with Crippen molar-refractivity contribution in [3.63, 3.8) is 0 Å². The fourth-order valence-corrected chi connectivity index (χ4v) is 4.49. The van der Waals surface area contributed by atoms with E-state index in [1.165, 1.54) is 6.26 Å². The molecule has 7 nitrogen and oxygen atoms in total. The Labute approximate surface area is 179 Å². The van der Waals surface area contributed by atoms with Gasteiger partial charge in [0.25, 0.3) is 5.91 Å². The van der Waals surface area contributed by atoms with Gasteiger partial charge in [0.15, 0.2) is 5.76 Å². The van der Waals surface area contributed by atoms with Crippen LogP contribution in [0.25, 0.3) is 10.8 Å². The molecule has 2 saturated heterocycles. The minimum atomic E-state index is -0.362. The van der Waals surface area contributed by atoms with Gasteiger partial charge < -0.3 is 19.1 Å². The summed E-state index contributed by atoms with van der Waals surface area (Å²) >= 11 is 0. The third-order valence-corrected chi connectivity index (χ3v) is 6.14. The van der Waals surface area contributed by atoms with Crippen molar-refractivity contribution in [1.82, 2.24) is 9.80 Å². The monoisotopic (exact) mass is 417 g/mol. The van der Waals surface area contributed by atoms with Gasteiger partial charge in [-0.2, -0.15) is 0 Å².